The largest absolute Gasteiger partial charge is 0.446 e. The molecule has 1 unspecified atom stereocenters. The number of ketones is 1. The summed E-state index contributed by atoms with van der Waals surface area (Å²) in [7, 11) is 1.30. The Labute approximate surface area is 189 Å². The number of benzene rings is 1. The predicted molar refractivity (Wildman–Crippen MR) is 115 cm³/mol. The van der Waals surface area contributed by atoms with Gasteiger partial charge in [-0.2, -0.15) is 0 Å². The lowest BCUT2D eigenvalue weighted by Gasteiger charge is -2.25. The number of carbonyl (C=O) groups excluding carboxylic acids is 5. The number of carbonyl (C=O) groups is 5. The number of hydrogen-bond donors (Lipinski definition) is 4. The van der Waals surface area contributed by atoms with Crippen molar-refractivity contribution in [3.63, 3.8) is 0 Å². The molecule has 2 atom stereocenters. The van der Waals surface area contributed by atoms with Crippen LogP contribution in [0.4, 0.5) is 10.5 Å². The van der Waals surface area contributed by atoms with Crippen LogP contribution < -0.4 is 21.3 Å². The smallest absolute Gasteiger partial charge is 0.411 e. The van der Waals surface area contributed by atoms with Crippen LogP contribution in [0.1, 0.15) is 42.5 Å². The van der Waals surface area contributed by atoms with Crippen molar-refractivity contribution in [2.24, 2.45) is 5.92 Å². The van der Waals surface area contributed by atoms with Crippen LogP contribution in [0.15, 0.2) is 18.2 Å². The SMILES string of the molecule is CNC(=O)C(=O)C(C[C@@H]1CCNC1=O)NC(=O)c1cc(Cl)ccc1NC(=O)OC1CCC1. The highest BCUT2D eigenvalue weighted by Gasteiger charge is 2.34. The van der Waals surface area contributed by atoms with E-state index in [-0.39, 0.29) is 34.7 Å². The van der Waals surface area contributed by atoms with Gasteiger partial charge in [0.1, 0.15) is 6.10 Å². The molecular formula is C21H25ClN4O6. The van der Waals surface area contributed by atoms with Gasteiger partial charge in [-0.3, -0.25) is 24.5 Å². The van der Waals surface area contributed by atoms with E-state index in [2.05, 4.69) is 21.3 Å². The molecule has 2 aliphatic rings. The molecule has 4 amide bonds. The minimum absolute atomic E-state index is 0.00589. The molecule has 10 nitrogen and oxygen atoms in total. The van der Waals surface area contributed by atoms with Crippen molar-refractivity contribution in [2.45, 2.75) is 44.2 Å². The number of hydrogen-bond acceptors (Lipinski definition) is 6. The second-order valence-corrected chi connectivity index (χ2v) is 8.19. The Morgan fingerprint density at radius 2 is 1.97 bits per heavy atom. The fourth-order valence-corrected chi connectivity index (χ4v) is 3.67. The van der Waals surface area contributed by atoms with Crippen LogP contribution >= 0.6 is 11.6 Å². The highest BCUT2D eigenvalue weighted by molar-refractivity contribution is 6.38. The Balaban J connectivity index is 1.77. The molecule has 4 N–H and O–H groups in total. The minimum atomic E-state index is -1.23. The number of rotatable bonds is 8. The first-order valence-electron chi connectivity index (χ1n) is 10.4. The van der Waals surface area contributed by atoms with Crippen molar-refractivity contribution in [2.75, 3.05) is 18.9 Å². The molecule has 3 rings (SSSR count). The van der Waals surface area contributed by atoms with Gasteiger partial charge in [-0.05, 0) is 50.3 Å². The number of ether oxygens (including phenoxy) is 1. The van der Waals surface area contributed by atoms with E-state index >= 15 is 0 Å². The standard InChI is InChI=1S/C21H25ClN4O6/c1-23-20(30)17(27)16(9-11-7-8-24-18(11)28)25-19(29)14-10-12(22)5-6-15(14)26-21(31)32-13-3-2-4-13/h5-6,10-11,13,16H,2-4,7-9H2,1H3,(H,23,30)(H,24,28)(H,25,29)(H,26,31)/t11-,16?/m0/s1. The molecule has 0 radical (unpaired) electrons. The van der Waals surface area contributed by atoms with Gasteiger partial charge in [-0.1, -0.05) is 11.6 Å². The van der Waals surface area contributed by atoms with E-state index in [1.807, 2.05) is 0 Å². The molecule has 32 heavy (non-hydrogen) atoms. The summed E-state index contributed by atoms with van der Waals surface area (Å²) in [6.45, 7) is 0.462. The molecule has 11 heteroatoms. The van der Waals surface area contributed by atoms with E-state index in [9.17, 15) is 24.0 Å². The summed E-state index contributed by atoms with van der Waals surface area (Å²) in [6.07, 6.45) is 2.18. The van der Waals surface area contributed by atoms with Crippen LogP contribution in [0.3, 0.4) is 0 Å². The van der Waals surface area contributed by atoms with E-state index in [4.69, 9.17) is 16.3 Å². The van der Waals surface area contributed by atoms with E-state index < -0.39 is 35.7 Å². The second kappa shape index (κ2) is 10.4. The lowest BCUT2D eigenvalue weighted by molar-refractivity contribution is -0.139. The average Bonchev–Trinajstić information content (AvgIpc) is 3.14. The third-order valence-corrected chi connectivity index (χ3v) is 5.78. The van der Waals surface area contributed by atoms with E-state index in [0.717, 1.165) is 19.3 Å². The van der Waals surface area contributed by atoms with E-state index in [1.54, 1.807) is 0 Å². The molecule has 0 aromatic heterocycles. The van der Waals surface area contributed by atoms with Crippen molar-refractivity contribution >= 4 is 46.9 Å². The van der Waals surface area contributed by atoms with Crippen molar-refractivity contribution in [1.82, 2.24) is 16.0 Å². The molecule has 2 fully saturated rings. The minimum Gasteiger partial charge on any atom is -0.446 e. The van der Waals surface area contributed by atoms with Crippen molar-refractivity contribution in [3.05, 3.63) is 28.8 Å². The summed E-state index contributed by atoms with van der Waals surface area (Å²) in [6, 6.07) is 3.04. The summed E-state index contributed by atoms with van der Waals surface area (Å²) in [5.74, 6) is -3.24. The molecule has 0 spiro atoms. The number of anilines is 1. The molecule has 1 saturated carbocycles. The van der Waals surface area contributed by atoms with Crippen LogP contribution in [0.25, 0.3) is 0 Å². The zero-order valence-corrected chi connectivity index (χ0v) is 18.3. The van der Waals surface area contributed by atoms with Crippen LogP contribution in [0, 0.1) is 5.92 Å². The quantitative estimate of drug-likeness (QED) is 0.428. The van der Waals surface area contributed by atoms with Crippen LogP contribution in [0.2, 0.25) is 5.02 Å². The molecule has 1 aromatic carbocycles. The Bertz CT molecular complexity index is 933. The third kappa shape index (κ3) is 5.76. The van der Waals surface area contributed by atoms with Gasteiger partial charge >= 0.3 is 6.09 Å². The molecule has 1 aliphatic heterocycles. The molecule has 172 valence electrons. The lowest BCUT2D eigenvalue weighted by Crippen LogP contribution is -2.48. The Morgan fingerprint density at radius 3 is 2.56 bits per heavy atom. The molecule has 1 heterocycles. The van der Waals surface area contributed by atoms with Gasteiger partial charge < -0.3 is 20.7 Å². The number of nitrogens with one attached hydrogen (secondary N) is 4. The van der Waals surface area contributed by atoms with Crippen LogP contribution in [-0.4, -0.2) is 55.3 Å². The molecule has 1 saturated heterocycles. The number of halogens is 1. The molecule has 0 bridgehead atoms. The fourth-order valence-electron chi connectivity index (χ4n) is 3.50. The maximum atomic E-state index is 13.0. The highest BCUT2D eigenvalue weighted by Crippen LogP contribution is 2.25. The van der Waals surface area contributed by atoms with Crippen LogP contribution in [0.5, 0.6) is 0 Å². The van der Waals surface area contributed by atoms with Crippen LogP contribution in [-0.2, 0) is 19.1 Å². The van der Waals surface area contributed by atoms with Gasteiger partial charge in [0.05, 0.1) is 17.3 Å². The van der Waals surface area contributed by atoms with E-state index in [1.165, 1.54) is 25.2 Å². The summed E-state index contributed by atoms with van der Waals surface area (Å²) in [5, 5.41) is 10.2. The molecule has 1 aliphatic carbocycles. The monoisotopic (exact) mass is 464 g/mol. The summed E-state index contributed by atoms with van der Waals surface area (Å²) >= 11 is 6.03. The fraction of sp³-hybridized carbons (Fsp3) is 0.476. The Morgan fingerprint density at radius 1 is 1.22 bits per heavy atom. The van der Waals surface area contributed by atoms with Crippen molar-refractivity contribution < 1.29 is 28.7 Å². The normalized spacial score (nSPS) is 18.7. The first kappa shape index (κ1) is 23.5. The maximum absolute atomic E-state index is 13.0. The Hall–Kier alpha value is -3.14. The average molecular weight is 465 g/mol. The predicted octanol–water partition coefficient (Wildman–Crippen LogP) is 1.38. The first-order chi connectivity index (χ1) is 15.3. The van der Waals surface area contributed by atoms with Crippen molar-refractivity contribution in [1.29, 1.82) is 0 Å². The van der Waals surface area contributed by atoms with Gasteiger partial charge in [0, 0.05) is 24.5 Å². The second-order valence-electron chi connectivity index (χ2n) is 7.75. The first-order valence-corrected chi connectivity index (χ1v) is 10.8. The molecular weight excluding hydrogens is 440 g/mol. The van der Waals surface area contributed by atoms with Gasteiger partial charge in [0.15, 0.2) is 0 Å². The number of Topliss-reactive ketones (excluding diaryl/α,β-unsaturated/α-hetero) is 1. The summed E-state index contributed by atoms with van der Waals surface area (Å²) in [4.78, 5) is 61.6. The highest BCUT2D eigenvalue weighted by atomic mass is 35.5. The molecule has 1 aromatic rings. The maximum Gasteiger partial charge on any atom is 0.411 e. The summed E-state index contributed by atoms with van der Waals surface area (Å²) in [5.41, 5.74) is 0.134. The topological polar surface area (TPSA) is 143 Å². The van der Waals surface area contributed by atoms with Gasteiger partial charge in [0.25, 0.3) is 11.8 Å². The van der Waals surface area contributed by atoms with Gasteiger partial charge in [0.2, 0.25) is 11.7 Å². The van der Waals surface area contributed by atoms with Crippen molar-refractivity contribution in [3.8, 4) is 0 Å². The zero-order chi connectivity index (χ0) is 23.3. The summed E-state index contributed by atoms with van der Waals surface area (Å²) < 4.78 is 5.25. The zero-order valence-electron chi connectivity index (χ0n) is 17.5. The number of amides is 4. The van der Waals surface area contributed by atoms with Gasteiger partial charge in [-0.15, -0.1) is 0 Å². The number of likely N-dealkylation sites (N-methyl/N-ethyl adjacent to an activating group) is 1. The lowest BCUT2D eigenvalue weighted by atomic mass is 9.95. The van der Waals surface area contributed by atoms with E-state index in [0.29, 0.717) is 13.0 Å². The Kier molecular flexibility index (Phi) is 7.68. The van der Waals surface area contributed by atoms with Gasteiger partial charge in [-0.25, -0.2) is 4.79 Å². The third-order valence-electron chi connectivity index (χ3n) is 5.54.